The Morgan fingerprint density at radius 1 is 1.30 bits per heavy atom. The van der Waals surface area contributed by atoms with Crippen LogP contribution in [0.5, 0.6) is 0 Å². The number of nitrogens with zero attached hydrogens (tertiary/aromatic N) is 1. The van der Waals surface area contributed by atoms with Crippen LogP contribution >= 0.6 is 0 Å². The van der Waals surface area contributed by atoms with E-state index in [9.17, 15) is 8.42 Å². The van der Waals surface area contributed by atoms with Crippen molar-refractivity contribution in [3.63, 3.8) is 0 Å². The highest BCUT2D eigenvalue weighted by molar-refractivity contribution is 7.88. The Hall–Kier alpha value is -0.950. The minimum absolute atomic E-state index is 0.00449. The van der Waals surface area contributed by atoms with Crippen molar-refractivity contribution in [1.82, 2.24) is 9.62 Å². The molecule has 128 valence electrons. The molecule has 0 aliphatic carbocycles. The number of benzene rings is 1. The standard InChI is InChI=1S/C17H26N2O3S/c1-23(20,21)18-12-16-8-5-9-17(22-16)10-11-19(14-17)13-15-6-3-2-4-7-15/h2-4,6-7,16,18H,5,8-14H2,1H3/t16-,17-/m1/s1. The molecule has 2 saturated heterocycles. The lowest BCUT2D eigenvalue weighted by molar-refractivity contribution is -0.118. The first-order valence-electron chi connectivity index (χ1n) is 8.33. The molecule has 1 N–H and O–H groups in total. The predicted molar refractivity (Wildman–Crippen MR) is 90.6 cm³/mol. The maximum absolute atomic E-state index is 11.3. The molecule has 2 aliphatic heterocycles. The lowest BCUT2D eigenvalue weighted by Crippen LogP contribution is -2.46. The van der Waals surface area contributed by atoms with Gasteiger partial charge in [-0.05, 0) is 31.2 Å². The fourth-order valence-electron chi connectivity index (χ4n) is 3.72. The number of hydrogen-bond donors (Lipinski definition) is 1. The van der Waals surface area contributed by atoms with Crippen molar-refractivity contribution in [2.75, 3.05) is 25.9 Å². The zero-order valence-corrected chi connectivity index (χ0v) is 14.5. The van der Waals surface area contributed by atoms with Gasteiger partial charge in [-0.1, -0.05) is 30.3 Å². The molecule has 0 aromatic heterocycles. The van der Waals surface area contributed by atoms with Gasteiger partial charge in [-0.3, -0.25) is 4.90 Å². The Balaban J connectivity index is 1.55. The zero-order chi connectivity index (χ0) is 16.3. The largest absolute Gasteiger partial charge is 0.369 e. The monoisotopic (exact) mass is 338 g/mol. The molecule has 3 rings (SSSR count). The van der Waals surface area contributed by atoms with Gasteiger partial charge >= 0.3 is 0 Å². The van der Waals surface area contributed by atoms with E-state index in [2.05, 4.69) is 33.9 Å². The second-order valence-corrected chi connectivity index (χ2v) is 8.71. The third-order valence-electron chi connectivity index (χ3n) is 4.79. The van der Waals surface area contributed by atoms with E-state index < -0.39 is 10.0 Å². The molecule has 1 aromatic rings. The van der Waals surface area contributed by atoms with Gasteiger partial charge in [0.25, 0.3) is 0 Å². The summed E-state index contributed by atoms with van der Waals surface area (Å²) < 4.78 is 31.4. The maximum atomic E-state index is 11.3. The third kappa shape index (κ3) is 4.76. The number of nitrogens with one attached hydrogen (secondary N) is 1. The summed E-state index contributed by atoms with van der Waals surface area (Å²) in [4.78, 5) is 2.45. The molecule has 5 nitrogen and oxygen atoms in total. The quantitative estimate of drug-likeness (QED) is 0.889. The molecule has 2 aliphatic rings. The Labute approximate surface area is 139 Å². The Bertz CT molecular complexity index is 620. The van der Waals surface area contributed by atoms with Crippen LogP contribution in [0.3, 0.4) is 0 Å². The van der Waals surface area contributed by atoms with E-state index in [0.29, 0.717) is 6.54 Å². The van der Waals surface area contributed by atoms with Crippen LogP contribution in [0.4, 0.5) is 0 Å². The SMILES string of the molecule is CS(=O)(=O)NC[C@H]1CCC[C@]2(CCN(Cc3ccccc3)C2)O1. The van der Waals surface area contributed by atoms with E-state index in [0.717, 1.165) is 45.3 Å². The van der Waals surface area contributed by atoms with Crippen LogP contribution < -0.4 is 4.72 Å². The van der Waals surface area contributed by atoms with E-state index in [4.69, 9.17) is 4.74 Å². The summed E-state index contributed by atoms with van der Waals surface area (Å²) in [5, 5.41) is 0. The van der Waals surface area contributed by atoms with Gasteiger partial charge in [-0.15, -0.1) is 0 Å². The highest BCUT2D eigenvalue weighted by Crippen LogP contribution is 2.37. The van der Waals surface area contributed by atoms with Gasteiger partial charge < -0.3 is 4.74 Å². The molecule has 6 heteroatoms. The lowest BCUT2D eigenvalue weighted by Gasteiger charge is -2.38. The van der Waals surface area contributed by atoms with Gasteiger partial charge in [0.15, 0.2) is 0 Å². The first-order valence-corrected chi connectivity index (χ1v) is 10.2. The summed E-state index contributed by atoms with van der Waals surface area (Å²) >= 11 is 0. The molecule has 23 heavy (non-hydrogen) atoms. The molecule has 1 aromatic carbocycles. The van der Waals surface area contributed by atoms with Crippen molar-refractivity contribution < 1.29 is 13.2 Å². The molecular weight excluding hydrogens is 312 g/mol. The van der Waals surface area contributed by atoms with Gasteiger partial charge in [0.1, 0.15) is 0 Å². The second-order valence-electron chi connectivity index (χ2n) is 6.88. The summed E-state index contributed by atoms with van der Waals surface area (Å²) in [6.07, 6.45) is 5.35. The van der Waals surface area contributed by atoms with Gasteiger partial charge in [-0.2, -0.15) is 0 Å². The summed E-state index contributed by atoms with van der Waals surface area (Å²) in [5.41, 5.74) is 1.24. The van der Waals surface area contributed by atoms with Gasteiger partial charge in [0, 0.05) is 26.2 Å². The van der Waals surface area contributed by atoms with Crippen LogP contribution in [0, 0.1) is 0 Å². The van der Waals surface area contributed by atoms with E-state index in [-0.39, 0.29) is 11.7 Å². The van der Waals surface area contributed by atoms with Crippen LogP contribution in [0.15, 0.2) is 30.3 Å². The Morgan fingerprint density at radius 2 is 2.09 bits per heavy atom. The van der Waals surface area contributed by atoms with Crippen LogP contribution in [0.25, 0.3) is 0 Å². The van der Waals surface area contributed by atoms with Crippen molar-refractivity contribution in [3.8, 4) is 0 Å². The molecule has 0 bridgehead atoms. The zero-order valence-electron chi connectivity index (χ0n) is 13.7. The number of likely N-dealkylation sites (tertiary alicyclic amines) is 1. The van der Waals surface area contributed by atoms with Crippen LogP contribution in [-0.4, -0.2) is 50.9 Å². The molecule has 0 saturated carbocycles. The molecule has 0 amide bonds. The highest BCUT2D eigenvalue weighted by atomic mass is 32.2. The smallest absolute Gasteiger partial charge is 0.208 e. The lowest BCUT2D eigenvalue weighted by atomic mass is 9.90. The minimum Gasteiger partial charge on any atom is -0.369 e. The van der Waals surface area contributed by atoms with Crippen LogP contribution in [0.1, 0.15) is 31.2 Å². The van der Waals surface area contributed by atoms with Crippen molar-refractivity contribution in [3.05, 3.63) is 35.9 Å². The third-order valence-corrected chi connectivity index (χ3v) is 5.48. The Kier molecular flexibility index (Phi) is 5.06. The van der Waals surface area contributed by atoms with Gasteiger partial charge in [-0.25, -0.2) is 13.1 Å². The number of ether oxygens (including phenoxy) is 1. The molecule has 0 unspecified atom stereocenters. The second kappa shape index (κ2) is 6.89. The predicted octanol–water partition coefficient (Wildman–Crippen LogP) is 1.75. The number of hydrogen-bond acceptors (Lipinski definition) is 4. The fourth-order valence-corrected chi connectivity index (χ4v) is 4.20. The average molecular weight is 338 g/mol. The summed E-state index contributed by atoms with van der Waals surface area (Å²) in [6.45, 7) is 3.33. The first kappa shape index (κ1) is 16.9. The fraction of sp³-hybridized carbons (Fsp3) is 0.647. The summed E-state index contributed by atoms with van der Waals surface area (Å²) in [6, 6.07) is 10.5. The van der Waals surface area contributed by atoms with E-state index in [1.54, 1.807) is 0 Å². The molecule has 2 atom stereocenters. The van der Waals surface area contributed by atoms with Crippen LogP contribution in [0.2, 0.25) is 0 Å². The topological polar surface area (TPSA) is 58.6 Å². The molecule has 0 radical (unpaired) electrons. The average Bonchev–Trinajstić information content (AvgIpc) is 2.88. The van der Waals surface area contributed by atoms with Crippen molar-refractivity contribution >= 4 is 10.0 Å². The normalized spacial score (nSPS) is 29.2. The van der Waals surface area contributed by atoms with E-state index in [1.165, 1.54) is 11.8 Å². The van der Waals surface area contributed by atoms with Crippen molar-refractivity contribution in [2.24, 2.45) is 0 Å². The molecule has 2 heterocycles. The van der Waals surface area contributed by atoms with Crippen molar-refractivity contribution in [2.45, 2.75) is 43.9 Å². The highest BCUT2D eigenvalue weighted by Gasteiger charge is 2.42. The number of sulfonamides is 1. The minimum atomic E-state index is -3.15. The van der Waals surface area contributed by atoms with Gasteiger partial charge in [0.2, 0.25) is 10.0 Å². The summed E-state index contributed by atoms with van der Waals surface area (Å²) in [5.74, 6) is 0. The van der Waals surface area contributed by atoms with Gasteiger partial charge in [0.05, 0.1) is 18.0 Å². The maximum Gasteiger partial charge on any atom is 0.208 e. The Morgan fingerprint density at radius 3 is 2.83 bits per heavy atom. The molecular formula is C17H26N2O3S. The molecule has 1 spiro atoms. The van der Waals surface area contributed by atoms with E-state index in [1.807, 2.05) is 6.07 Å². The number of rotatable bonds is 5. The van der Waals surface area contributed by atoms with E-state index >= 15 is 0 Å². The van der Waals surface area contributed by atoms with Crippen LogP contribution in [-0.2, 0) is 21.3 Å². The summed E-state index contributed by atoms with van der Waals surface area (Å²) in [7, 11) is -3.15. The van der Waals surface area contributed by atoms with Crippen molar-refractivity contribution in [1.29, 1.82) is 0 Å². The molecule has 2 fully saturated rings. The first-order chi connectivity index (χ1) is 10.9.